The van der Waals surface area contributed by atoms with Crippen molar-refractivity contribution in [2.45, 2.75) is 33.2 Å². The number of benzene rings is 1. The summed E-state index contributed by atoms with van der Waals surface area (Å²) in [6.45, 7) is 4.93. The molecule has 3 aromatic rings. The van der Waals surface area contributed by atoms with E-state index in [0.717, 1.165) is 24.7 Å². The Balaban J connectivity index is 1.92. The van der Waals surface area contributed by atoms with Gasteiger partial charge >= 0.3 is 0 Å². The standard InChI is InChI=1S/C19H21F2N5/c1-3-9-22-18-16(21)11-23-19(24-18)17-10-14(4-2)26(25-17)12-13-7-5-6-8-15(13)20/h5-8,10-11H,3-4,9,12H2,1-2H3,(H,22,23,24). The normalized spacial score (nSPS) is 10.9. The second-order valence-corrected chi connectivity index (χ2v) is 5.94. The molecule has 0 aliphatic carbocycles. The van der Waals surface area contributed by atoms with E-state index in [4.69, 9.17) is 0 Å². The Morgan fingerprint density at radius 2 is 1.92 bits per heavy atom. The highest BCUT2D eigenvalue weighted by molar-refractivity contribution is 5.53. The molecule has 0 radical (unpaired) electrons. The molecule has 0 saturated carbocycles. The molecule has 0 fully saturated rings. The Morgan fingerprint density at radius 3 is 2.65 bits per heavy atom. The van der Waals surface area contributed by atoms with Crippen LogP contribution in [0.25, 0.3) is 11.5 Å². The van der Waals surface area contributed by atoms with E-state index >= 15 is 0 Å². The van der Waals surface area contributed by atoms with Gasteiger partial charge in [-0.3, -0.25) is 4.68 Å². The molecule has 1 aromatic carbocycles. The third kappa shape index (κ3) is 3.87. The maximum absolute atomic E-state index is 13.9. The molecule has 2 heterocycles. The van der Waals surface area contributed by atoms with Crippen molar-refractivity contribution in [2.24, 2.45) is 0 Å². The van der Waals surface area contributed by atoms with Crippen molar-refractivity contribution in [1.82, 2.24) is 19.7 Å². The third-order valence-corrected chi connectivity index (χ3v) is 4.02. The Bertz CT molecular complexity index is 891. The molecule has 0 atom stereocenters. The number of halogens is 2. The van der Waals surface area contributed by atoms with Crippen LogP contribution in [0.15, 0.2) is 36.5 Å². The van der Waals surface area contributed by atoms with E-state index in [1.165, 1.54) is 6.07 Å². The molecule has 0 aliphatic heterocycles. The number of rotatable bonds is 7. The van der Waals surface area contributed by atoms with Gasteiger partial charge in [0.05, 0.1) is 12.7 Å². The van der Waals surface area contributed by atoms with Gasteiger partial charge in [-0.1, -0.05) is 32.0 Å². The van der Waals surface area contributed by atoms with Gasteiger partial charge in [-0.2, -0.15) is 5.10 Å². The molecule has 0 spiro atoms. The number of aryl methyl sites for hydroxylation is 1. The van der Waals surface area contributed by atoms with Gasteiger partial charge in [0, 0.05) is 17.8 Å². The van der Waals surface area contributed by atoms with E-state index in [1.807, 2.05) is 19.9 Å². The lowest BCUT2D eigenvalue weighted by atomic mass is 10.2. The van der Waals surface area contributed by atoms with Crippen LogP contribution < -0.4 is 5.32 Å². The van der Waals surface area contributed by atoms with Gasteiger partial charge in [0.2, 0.25) is 0 Å². The molecule has 0 amide bonds. The average Bonchev–Trinajstić information content (AvgIpc) is 3.06. The number of aromatic nitrogens is 4. The molecule has 0 unspecified atom stereocenters. The highest BCUT2D eigenvalue weighted by Gasteiger charge is 2.14. The highest BCUT2D eigenvalue weighted by Crippen LogP contribution is 2.20. The molecule has 3 rings (SSSR count). The first-order chi connectivity index (χ1) is 12.6. The first-order valence-electron chi connectivity index (χ1n) is 8.69. The fraction of sp³-hybridized carbons (Fsp3) is 0.316. The molecule has 7 heteroatoms. The molecule has 136 valence electrons. The van der Waals surface area contributed by atoms with Crippen molar-refractivity contribution in [3.63, 3.8) is 0 Å². The lowest BCUT2D eigenvalue weighted by Gasteiger charge is -2.07. The van der Waals surface area contributed by atoms with Gasteiger partial charge in [-0.15, -0.1) is 0 Å². The summed E-state index contributed by atoms with van der Waals surface area (Å²) in [7, 11) is 0. The Hall–Kier alpha value is -2.83. The van der Waals surface area contributed by atoms with Crippen LogP contribution in [0.4, 0.5) is 14.6 Å². The Kier molecular flexibility index (Phi) is 5.55. The zero-order chi connectivity index (χ0) is 18.5. The lowest BCUT2D eigenvalue weighted by molar-refractivity contribution is 0.576. The van der Waals surface area contributed by atoms with Crippen LogP contribution in [0, 0.1) is 11.6 Å². The lowest BCUT2D eigenvalue weighted by Crippen LogP contribution is -2.08. The zero-order valence-electron chi connectivity index (χ0n) is 14.8. The quantitative estimate of drug-likeness (QED) is 0.693. The summed E-state index contributed by atoms with van der Waals surface area (Å²) >= 11 is 0. The van der Waals surface area contributed by atoms with Crippen molar-refractivity contribution < 1.29 is 8.78 Å². The van der Waals surface area contributed by atoms with E-state index in [2.05, 4.69) is 20.4 Å². The van der Waals surface area contributed by atoms with Gasteiger partial charge in [-0.05, 0) is 25.0 Å². The van der Waals surface area contributed by atoms with Crippen LogP contribution in [0.2, 0.25) is 0 Å². The van der Waals surface area contributed by atoms with Gasteiger partial charge in [0.1, 0.15) is 11.5 Å². The van der Waals surface area contributed by atoms with Crippen LogP contribution in [0.5, 0.6) is 0 Å². The molecule has 0 aliphatic rings. The maximum atomic E-state index is 13.9. The van der Waals surface area contributed by atoms with E-state index in [0.29, 0.717) is 30.2 Å². The zero-order valence-corrected chi connectivity index (χ0v) is 14.8. The van der Waals surface area contributed by atoms with Crippen LogP contribution in [0.3, 0.4) is 0 Å². The smallest absolute Gasteiger partial charge is 0.183 e. The largest absolute Gasteiger partial charge is 0.368 e. The SMILES string of the molecule is CCCNc1nc(-c2cc(CC)n(Cc3ccccc3F)n2)ncc1F. The van der Waals surface area contributed by atoms with E-state index in [-0.39, 0.29) is 11.6 Å². The van der Waals surface area contributed by atoms with E-state index < -0.39 is 5.82 Å². The third-order valence-electron chi connectivity index (χ3n) is 4.02. The van der Waals surface area contributed by atoms with Gasteiger partial charge < -0.3 is 5.32 Å². The van der Waals surface area contributed by atoms with Crippen LogP contribution in [-0.2, 0) is 13.0 Å². The molecule has 0 bridgehead atoms. The van der Waals surface area contributed by atoms with Crippen LogP contribution in [0.1, 0.15) is 31.5 Å². The number of hydrogen-bond acceptors (Lipinski definition) is 4. The number of nitrogens with zero attached hydrogens (tertiary/aromatic N) is 4. The van der Waals surface area contributed by atoms with Crippen molar-refractivity contribution in [3.8, 4) is 11.5 Å². The minimum atomic E-state index is -0.497. The van der Waals surface area contributed by atoms with Crippen molar-refractivity contribution in [3.05, 3.63) is 59.4 Å². The Labute approximate surface area is 151 Å². The van der Waals surface area contributed by atoms with Gasteiger partial charge in [-0.25, -0.2) is 18.7 Å². The molecule has 2 aromatic heterocycles. The van der Waals surface area contributed by atoms with Gasteiger partial charge in [0.25, 0.3) is 0 Å². The minimum Gasteiger partial charge on any atom is -0.368 e. The summed E-state index contributed by atoms with van der Waals surface area (Å²) in [5.74, 6) is -0.259. The van der Waals surface area contributed by atoms with E-state index in [9.17, 15) is 8.78 Å². The highest BCUT2D eigenvalue weighted by atomic mass is 19.1. The summed E-state index contributed by atoms with van der Waals surface area (Å²) in [6, 6.07) is 8.48. The monoisotopic (exact) mass is 357 g/mol. The second-order valence-electron chi connectivity index (χ2n) is 5.94. The number of hydrogen-bond donors (Lipinski definition) is 1. The summed E-state index contributed by atoms with van der Waals surface area (Å²) in [4.78, 5) is 8.30. The maximum Gasteiger partial charge on any atom is 0.183 e. The predicted octanol–water partition coefficient (Wildman–Crippen LogP) is 4.05. The average molecular weight is 357 g/mol. The van der Waals surface area contributed by atoms with E-state index in [1.54, 1.807) is 22.9 Å². The van der Waals surface area contributed by atoms with Crippen molar-refractivity contribution in [1.29, 1.82) is 0 Å². The topological polar surface area (TPSA) is 55.6 Å². The molecule has 5 nitrogen and oxygen atoms in total. The Morgan fingerprint density at radius 1 is 1.12 bits per heavy atom. The van der Waals surface area contributed by atoms with Crippen molar-refractivity contribution >= 4 is 5.82 Å². The first-order valence-corrected chi connectivity index (χ1v) is 8.69. The fourth-order valence-electron chi connectivity index (χ4n) is 2.63. The summed E-state index contributed by atoms with van der Waals surface area (Å²) in [5.41, 5.74) is 2.03. The van der Waals surface area contributed by atoms with Crippen LogP contribution in [-0.4, -0.2) is 26.3 Å². The number of nitrogens with one attached hydrogen (secondary N) is 1. The van der Waals surface area contributed by atoms with Gasteiger partial charge in [0.15, 0.2) is 17.5 Å². The first kappa shape index (κ1) is 18.0. The molecule has 1 N–H and O–H groups in total. The summed E-state index contributed by atoms with van der Waals surface area (Å²) < 4.78 is 29.5. The number of anilines is 1. The fourth-order valence-corrected chi connectivity index (χ4v) is 2.63. The predicted molar refractivity (Wildman–Crippen MR) is 96.9 cm³/mol. The summed E-state index contributed by atoms with van der Waals surface area (Å²) in [5, 5.41) is 7.46. The minimum absolute atomic E-state index is 0.165. The molecule has 26 heavy (non-hydrogen) atoms. The molecular formula is C19H21F2N5. The van der Waals surface area contributed by atoms with Crippen molar-refractivity contribution in [2.75, 3.05) is 11.9 Å². The second kappa shape index (κ2) is 8.03. The molecular weight excluding hydrogens is 336 g/mol. The molecule has 0 saturated heterocycles. The van der Waals surface area contributed by atoms with Crippen LogP contribution >= 0.6 is 0 Å². The summed E-state index contributed by atoms with van der Waals surface area (Å²) in [6.07, 6.45) is 2.72.